The zero-order chi connectivity index (χ0) is 25.1. The lowest BCUT2D eigenvalue weighted by Crippen LogP contribution is -2.46. The maximum Gasteiger partial charge on any atom is 0.248 e. The highest BCUT2D eigenvalue weighted by molar-refractivity contribution is 9.10. The van der Waals surface area contributed by atoms with Gasteiger partial charge in [0.25, 0.3) is 0 Å². The molecule has 12 heteroatoms. The van der Waals surface area contributed by atoms with E-state index in [9.17, 15) is 14.0 Å². The zero-order valence-electron chi connectivity index (χ0n) is 19.1. The molecule has 4 aromatic rings. The topological polar surface area (TPSA) is 128 Å². The van der Waals surface area contributed by atoms with Crippen LogP contribution < -0.4 is 15.8 Å². The monoisotopic (exact) mass is 553 g/mol. The minimum atomic E-state index is -0.609. The molecule has 10 nitrogen and oxygen atoms in total. The van der Waals surface area contributed by atoms with Crippen molar-refractivity contribution in [1.29, 1.82) is 0 Å². The Morgan fingerprint density at radius 2 is 2.11 bits per heavy atom. The molecular weight excluding hydrogens is 533 g/mol. The molecule has 4 heterocycles. The van der Waals surface area contributed by atoms with Crippen LogP contribution in [0.1, 0.15) is 12.8 Å². The maximum absolute atomic E-state index is 14.6. The molecule has 0 bridgehead atoms. The second-order valence-electron chi connectivity index (χ2n) is 9.00. The summed E-state index contributed by atoms with van der Waals surface area (Å²) in [5.41, 5.74) is 7.05. The van der Waals surface area contributed by atoms with E-state index in [4.69, 9.17) is 10.5 Å². The highest BCUT2D eigenvalue weighted by atomic mass is 79.9. The molecule has 0 radical (unpaired) electrons. The molecule has 3 atom stereocenters. The van der Waals surface area contributed by atoms with Gasteiger partial charge in [-0.3, -0.25) is 9.59 Å². The molecule has 1 aromatic carbocycles. The Bertz CT molecular complexity index is 1560. The normalized spacial score (nSPS) is 20.5. The number of nitrogens with one attached hydrogen (secondary N) is 1. The number of halogens is 2. The van der Waals surface area contributed by atoms with E-state index in [1.54, 1.807) is 27.7 Å². The number of benzene rings is 1. The van der Waals surface area contributed by atoms with Gasteiger partial charge >= 0.3 is 0 Å². The van der Waals surface area contributed by atoms with Gasteiger partial charge in [0.05, 0.1) is 18.0 Å². The molecule has 1 unspecified atom stereocenters. The molecule has 3 aromatic heterocycles. The fourth-order valence-electron chi connectivity index (χ4n) is 5.20. The van der Waals surface area contributed by atoms with Gasteiger partial charge in [-0.15, -0.1) is 0 Å². The number of methoxy groups -OCH3 is 1. The predicted octanol–water partition coefficient (Wildman–Crippen LogP) is 3.10. The van der Waals surface area contributed by atoms with E-state index in [0.717, 1.165) is 6.42 Å². The number of fused-ring (bicyclic) bond motifs is 4. The van der Waals surface area contributed by atoms with Gasteiger partial charge in [0, 0.05) is 17.5 Å². The van der Waals surface area contributed by atoms with Crippen LogP contribution in [0.15, 0.2) is 41.3 Å². The molecule has 3 N–H and O–H groups in total. The van der Waals surface area contributed by atoms with Crippen molar-refractivity contribution in [1.82, 2.24) is 24.4 Å². The van der Waals surface area contributed by atoms with Crippen molar-refractivity contribution >= 4 is 61.3 Å². The lowest BCUT2D eigenvalue weighted by molar-refractivity contribution is -0.138. The Morgan fingerprint density at radius 1 is 1.28 bits per heavy atom. The second-order valence-corrected chi connectivity index (χ2v) is 9.81. The molecule has 2 aliphatic rings. The third kappa shape index (κ3) is 3.63. The zero-order valence-corrected chi connectivity index (χ0v) is 20.7. The summed E-state index contributed by atoms with van der Waals surface area (Å²) in [6.07, 6.45) is 2.77. The Labute approximate surface area is 212 Å². The molecule has 2 fully saturated rings. The number of aromatic nitrogens is 4. The molecule has 36 heavy (non-hydrogen) atoms. The fourth-order valence-corrected chi connectivity index (χ4v) is 5.55. The molecule has 0 spiro atoms. The number of likely N-dealkylation sites (tertiary alicyclic amines) is 1. The van der Waals surface area contributed by atoms with Crippen molar-refractivity contribution in [2.75, 3.05) is 18.2 Å². The highest BCUT2D eigenvalue weighted by Gasteiger charge is 2.56. The number of anilines is 2. The van der Waals surface area contributed by atoms with E-state index in [-0.39, 0.29) is 36.0 Å². The standard InChI is InChI=1S/C24H21BrFN7O3/c1-36-17-8-15-12(7-13(17)26)21-22(27)28-10-29-23(21)32(15)9-20(34)33-14-5-11(14)6-16(33)24(35)31-19-4-2-3-18(25)30-19/h2-4,7-8,10-11,14,16H,5-6,9H2,1H3,(H2,27,28,29)(H,30,31,35)/t11-,14+,16?/m1/s1. The van der Waals surface area contributed by atoms with E-state index in [1.165, 1.54) is 25.6 Å². The summed E-state index contributed by atoms with van der Waals surface area (Å²) in [5.74, 6) is -0.149. The quantitative estimate of drug-likeness (QED) is 0.363. The summed E-state index contributed by atoms with van der Waals surface area (Å²) in [4.78, 5) is 41.1. The van der Waals surface area contributed by atoms with Crippen LogP contribution in [0, 0.1) is 11.7 Å². The number of ether oxygens (including phenoxy) is 1. The maximum atomic E-state index is 14.6. The summed E-state index contributed by atoms with van der Waals surface area (Å²) >= 11 is 3.30. The number of piperidine rings is 1. The summed E-state index contributed by atoms with van der Waals surface area (Å²) < 4.78 is 22.0. The van der Waals surface area contributed by atoms with E-state index < -0.39 is 11.9 Å². The van der Waals surface area contributed by atoms with E-state index in [2.05, 4.69) is 36.2 Å². The number of nitrogens with zero attached hydrogens (tertiary/aromatic N) is 5. The highest BCUT2D eigenvalue weighted by Crippen LogP contribution is 2.48. The SMILES string of the molecule is COc1cc2c(cc1F)c1c(N)ncnc1n2CC(=O)N1C(C(=O)Nc2cccc(Br)n2)C[C@H]2C[C@@H]21. The van der Waals surface area contributed by atoms with Crippen LogP contribution in [-0.2, 0) is 16.1 Å². The number of pyridine rings is 1. The van der Waals surface area contributed by atoms with Gasteiger partial charge in [-0.2, -0.15) is 0 Å². The first-order chi connectivity index (χ1) is 17.4. The average molecular weight is 554 g/mol. The predicted molar refractivity (Wildman–Crippen MR) is 134 cm³/mol. The van der Waals surface area contributed by atoms with Crippen molar-refractivity contribution < 1.29 is 18.7 Å². The van der Waals surface area contributed by atoms with Crippen LogP contribution in [0.3, 0.4) is 0 Å². The Hall–Kier alpha value is -3.80. The average Bonchev–Trinajstić information content (AvgIpc) is 3.40. The minimum Gasteiger partial charge on any atom is -0.494 e. The van der Waals surface area contributed by atoms with Crippen LogP contribution in [0.25, 0.3) is 21.9 Å². The molecule has 184 valence electrons. The molecule has 1 saturated heterocycles. The first-order valence-corrected chi connectivity index (χ1v) is 12.2. The van der Waals surface area contributed by atoms with Crippen molar-refractivity contribution in [3.8, 4) is 5.75 Å². The van der Waals surface area contributed by atoms with E-state index >= 15 is 0 Å². The largest absolute Gasteiger partial charge is 0.494 e. The summed E-state index contributed by atoms with van der Waals surface area (Å²) in [6.45, 7) is -0.104. The van der Waals surface area contributed by atoms with E-state index in [1.807, 2.05) is 0 Å². The van der Waals surface area contributed by atoms with Gasteiger partial charge in [-0.05, 0) is 52.9 Å². The van der Waals surface area contributed by atoms with Crippen molar-refractivity contribution in [3.63, 3.8) is 0 Å². The van der Waals surface area contributed by atoms with Gasteiger partial charge in [0.15, 0.2) is 11.6 Å². The van der Waals surface area contributed by atoms with Gasteiger partial charge in [0.1, 0.15) is 40.8 Å². The Kier molecular flexibility index (Phi) is 5.29. The minimum absolute atomic E-state index is 0.0171. The van der Waals surface area contributed by atoms with Crippen LogP contribution in [0.2, 0.25) is 0 Å². The third-order valence-electron chi connectivity index (χ3n) is 6.90. The number of nitrogens with two attached hydrogens (primary N) is 1. The molecule has 1 aliphatic carbocycles. The first kappa shape index (κ1) is 22.7. The number of rotatable bonds is 5. The lowest BCUT2D eigenvalue weighted by Gasteiger charge is -2.27. The van der Waals surface area contributed by atoms with Crippen LogP contribution in [-0.4, -0.2) is 55.4 Å². The third-order valence-corrected chi connectivity index (χ3v) is 7.34. The van der Waals surface area contributed by atoms with Crippen molar-refractivity contribution in [3.05, 3.63) is 47.1 Å². The molecular formula is C24H21BrFN7O3. The van der Waals surface area contributed by atoms with Gasteiger partial charge in [-0.1, -0.05) is 6.07 Å². The van der Waals surface area contributed by atoms with Crippen LogP contribution in [0.4, 0.5) is 16.0 Å². The number of hydrogen-bond donors (Lipinski definition) is 2. The first-order valence-electron chi connectivity index (χ1n) is 11.4. The Balaban J connectivity index is 1.35. The Morgan fingerprint density at radius 3 is 2.89 bits per heavy atom. The number of carbonyl (C=O) groups excluding carboxylic acids is 2. The smallest absolute Gasteiger partial charge is 0.248 e. The summed E-state index contributed by atoms with van der Waals surface area (Å²) in [5, 5.41) is 3.76. The van der Waals surface area contributed by atoms with Crippen molar-refractivity contribution in [2.24, 2.45) is 5.92 Å². The molecule has 1 aliphatic heterocycles. The van der Waals surface area contributed by atoms with Gasteiger partial charge in [-0.25, -0.2) is 19.3 Å². The lowest BCUT2D eigenvalue weighted by atomic mass is 10.1. The second kappa shape index (κ2) is 8.40. The van der Waals surface area contributed by atoms with Crippen LogP contribution in [0.5, 0.6) is 5.75 Å². The summed E-state index contributed by atoms with van der Waals surface area (Å²) in [6, 6.07) is 7.47. The summed E-state index contributed by atoms with van der Waals surface area (Å²) in [7, 11) is 1.37. The number of hydrogen-bond acceptors (Lipinski definition) is 7. The van der Waals surface area contributed by atoms with Crippen LogP contribution >= 0.6 is 15.9 Å². The number of amides is 2. The number of nitrogen functional groups attached to an aromatic ring is 1. The van der Waals surface area contributed by atoms with E-state index in [0.29, 0.717) is 44.7 Å². The molecule has 1 saturated carbocycles. The fraction of sp³-hybridized carbons (Fsp3) is 0.292. The van der Waals surface area contributed by atoms with Crippen molar-refractivity contribution in [2.45, 2.75) is 31.5 Å². The number of carbonyl (C=O) groups is 2. The molecule has 2 amide bonds. The van der Waals surface area contributed by atoms with Gasteiger partial charge < -0.3 is 25.3 Å². The van der Waals surface area contributed by atoms with Gasteiger partial charge in [0.2, 0.25) is 11.8 Å². The molecule has 6 rings (SSSR count).